The van der Waals surface area contributed by atoms with Crippen LogP contribution in [0.15, 0.2) is 18.2 Å². The Morgan fingerprint density at radius 3 is 3.00 bits per heavy atom. The molecule has 0 bridgehead atoms. The lowest BCUT2D eigenvalue weighted by atomic mass is 10.0. The molecule has 1 saturated heterocycles. The number of benzene rings is 1. The molecule has 0 saturated carbocycles. The van der Waals surface area contributed by atoms with Crippen LogP contribution in [0.3, 0.4) is 0 Å². The number of piperidine rings is 1. The molecule has 100 valence electrons. The van der Waals surface area contributed by atoms with E-state index in [4.69, 9.17) is 21.6 Å². The van der Waals surface area contributed by atoms with E-state index in [2.05, 4.69) is 6.07 Å². The molecule has 0 radical (unpaired) electrons. The van der Waals surface area contributed by atoms with E-state index in [0.717, 1.165) is 19.3 Å². The molecular weight excluding hydrogens is 264 g/mol. The molecule has 1 aliphatic heterocycles. The first-order chi connectivity index (χ1) is 9.17. The van der Waals surface area contributed by atoms with Crippen LogP contribution in [-0.4, -0.2) is 30.5 Å². The van der Waals surface area contributed by atoms with Gasteiger partial charge < -0.3 is 9.64 Å². The first-order valence-corrected chi connectivity index (χ1v) is 6.59. The van der Waals surface area contributed by atoms with E-state index in [-0.39, 0.29) is 11.9 Å². The molecule has 1 unspecified atom stereocenters. The van der Waals surface area contributed by atoms with Gasteiger partial charge in [0.05, 0.1) is 18.7 Å². The Kier molecular flexibility index (Phi) is 4.28. The van der Waals surface area contributed by atoms with Gasteiger partial charge in [-0.3, -0.25) is 4.79 Å². The monoisotopic (exact) mass is 278 g/mol. The van der Waals surface area contributed by atoms with Crippen molar-refractivity contribution >= 4 is 17.5 Å². The zero-order valence-electron chi connectivity index (χ0n) is 10.7. The fourth-order valence-electron chi connectivity index (χ4n) is 2.31. The predicted molar refractivity (Wildman–Crippen MR) is 72.3 cm³/mol. The molecule has 1 aliphatic rings. The zero-order valence-corrected chi connectivity index (χ0v) is 11.5. The number of ether oxygens (including phenoxy) is 1. The third kappa shape index (κ3) is 2.82. The van der Waals surface area contributed by atoms with Gasteiger partial charge >= 0.3 is 0 Å². The molecule has 2 rings (SSSR count). The average Bonchev–Trinajstić information content (AvgIpc) is 2.46. The van der Waals surface area contributed by atoms with Crippen LogP contribution in [-0.2, 0) is 0 Å². The van der Waals surface area contributed by atoms with E-state index in [0.29, 0.717) is 22.9 Å². The maximum atomic E-state index is 12.5. The topological polar surface area (TPSA) is 53.3 Å². The van der Waals surface area contributed by atoms with Crippen LogP contribution in [0.2, 0.25) is 5.02 Å². The summed E-state index contributed by atoms with van der Waals surface area (Å²) in [4.78, 5) is 14.1. The quantitative estimate of drug-likeness (QED) is 0.836. The largest absolute Gasteiger partial charge is 0.496 e. The molecule has 1 heterocycles. The molecule has 0 aliphatic carbocycles. The van der Waals surface area contributed by atoms with Gasteiger partial charge in [0.2, 0.25) is 0 Å². The van der Waals surface area contributed by atoms with Crippen molar-refractivity contribution in [1.82, 2.24) is 4.90 Å². The Morgan fingerprint density at radius 2 is 2.32 bits per heavy atom. The van der Waals surface area contributed by atoms with Gasteiger partial charge in [0, 0.05) is 11.6 Å². The van der Waals surface area contributed by atoms with Gasteiger partial charge in [-0.1, -0.05) is 11.6 Å². The van der Waals surface area contributed by atoms with Crippen molar-refractivity contribution in [2.45, 2.75) is 25.3 Å². The third-order valence-electron chi connectivity index (χ3n) is 3.31. The second kappa shape index (κ2) is 5.94. The summed E-state index contributed by atoms with van der Waals surface area (Å²) in [6.45, 7) is 0.614. The van der Waals surface area contributed by atoms with Crippen LogP contribution in [0, 0.1) is 11.3 Å². The number of carbonyl (C=O) groups is 1. The molecule has 4 nitrogen and oxygen atoms in total. The molecule has 1 atom stereocenters. The number of hydrogen-bond acceptors (Lipinski definition) is 3. The highest BCUT2D eigenvalue weighted by atomic mass is 35.5. The van der Waals surface area contributed by atoms with Crippen molar-refractivity contribution in [2.24, 2.45) is 0 Å². The molecule has 0 aromatic heterocycles. The number of halogens is 1. The minimum absolute atomic E-state index is 0.167. The number of amides is 1. The molecule has 0 N–H and O–H groups in total. The van der Waals surface area contributed by atoms with Crippen LogP contribution in [0.4, 0.5) is 0 Å². The van der Waals surface area contributed by atoms with Crippen LogP contribution < -0.4 is 4.74 Å². The van der Waals surface area contributed by atoms with Crippen molar-refractivity contribution in [2.75, 3.05) is 13.7 Å². The Morgan fingerprint density at radius 1 is 1.53 bits per heavy atom. The summed E-state index contributed by atoms with van der Waals surface area (Å²) >= 11 is 5.88. The van der Waals surface area contributed by atoms with Gasteiger partial charge in [-0.25, -0.2) is 0 Å². The lowest BCUT2D eigenvalue weighted by Gasteiger charge is -2.31. The standard InChI is InChI=1S/C14H15ClN2O2/c1-19-13-8-10(15)5-6-12(13)14(18)17-7-3-2-4-11(17)9-16/h5-6,8,11H,2-4,7H2,1H3. The highest BCUT2D eigenvalue weighted by Gasteiger charge is 2.28. The van der Waals surface area contributed by atoms with Crippen LogP contribution in [0.1, 0.15) is 29.6 Å². The number of likely N-dealkylation sites (tertiary alicyclic amines) is 1. The van der Waals surface area contributed by atoms with Crippen molar-refractivity contribution in [3.8, 4) is 11.8 Å². The molecule has 19 heavy (non-hydrogen) atoms. The van der Waals surface area contributed by atoms with E-state index in [9.17, 15) is 4.79 Å². The number of nitriles is 1. The molecule has 0 spiro atoms. The Bertz CT molecular complexity index is 525. The van der Waals surface area contributed by atoms with Crippen molar-refractivity contribution < 1.29 is 9.53 Å². The van der Waals surface area contributed by atoms with Gasteiger partial charge in [-0.2, -0.15) is 5.26 Å². The summed E-state index contributed by atoms with van der Waals surface area (Å²) in [7, 11) is 1.50. The van der Waals surface area contributed by atoms with Crippen LogP contribution in [0.25, 0.3) is 0 Å². The predicted octanol–water partition coefficient (Wildman–Crippen LogP) is 2.87. The first kappa shape index (κ1) is 13.7. The summed E-state index contributed by atoms with van der Waals surface area (Å²) in [6, 6.07) is 6.76. The zero-order chi connectivity index (χ0) is 13.8. The Hall–Kier alpha value is -1.73. The number of hydrogen-bond donors (Lipinski definition) is 0. The van der Waals surface area contributed by atoms with Crippen molar-refractivity contribution in [3.63, 3.8) is 0 Å². The van der Waals surface area contributed by atoms with Crippen LogP contribution in [0.5, 0.6) is 5.75 Å². The van der Waals surface area contributed by atoms with E-state index in [1.807, 2.05) is 0 Å². The molecule has 1 fully saturated rings. The maximum Gasteiger partial charge on any atom is 0.258 e. The smallest absolute Gasteiger partial charge is 0.258 e. The van der Waals surface area contributed by atoms with Gasteiger partial charge in [0.1, 0.15) is 11.8 Å². The van der Waals surface area contributed by atoms with Gasteiger partial charge in [-0.15, -0.1) is 0 Å². The summed E-state index contributed by atoms with van der Waals surface area (Å²) < 4.78 is 5.19. The number of nitrogens with zero attached hydrogens (tertiary/aromatic N) is 2. The summed E-state index contributed by atoms with van der Waals surface area (Å²) in [6.07, 6.45) is 2.65. The second-order valence-electron chi connectivity index (χ2n) is 4.48. The van der Waals surface area contributed by atoms with Gasteiger partial charge in [-0.05, 0) is 37.5 Å². The molecular formula is C14H15ClN2O2. The van der Waals surface area contributed by atoms with Crippen LogP contribution >= 0.6 is 11.6 Å². The Labute approximate surface area is 117 Å². The lowest BCUT2D eigenvalue weighted by molar-refractivity contribution is 0.0667. The fourth-order valence-corrected chi connectivity index (χ4v) is 2.47. The molecule has 5 heteroatoms. The Balaban J connectivity index is 2.30. The SMILES string of the molecule is COc1cc(Cl)ccc1C(=O)N1CCCCC1C#N. The lowest BCUT2D eigenvalue weighted by Crippen LogP contribution is -2.43. The van der Waals surface area contributed by atoms with E-state index in [1.54, 1.807) is 23.1 Å². The minimum Gasteiger partial charge on any atom is -0.496 e. The number of carbonyl (C=O) groups excluding carboxylic acids is 1. The van der Waals surface area contributed by atoms with Gasteiger partial charge in [0.25, 0.3) is 5.91 Å². The third-order valence-corrected chi connectivity index (χ3v) is 3.54. The fraction of sp³-hybridized carbons (Fsp3) is 0.429. The molecule has 1 aromatic rings. The number of methoxy groups -OCH3 is 1. The molecule has 1 aromatic carbocycles. The van der Waals surface area contributed by atoms with Crippen molar-refractivity contribution in [3.05, 3.63) is 28.8 Å². The maximum absolute atomic E-state index is 12.5. The van der Waals surface area contributed by atoms with Crippen molar-refractivity contribution in [1.29, 1.82) is 5.26 Å². The summed E-state index contributed by atoms with van der Waals surface area (Å²) in [5.41, 5.74) is 0.453. The van der Waals surface area contributed by atoms with E-state index >= 15 is 0 Å². The van der Waals surface area contributed by atoms with Gasteiger partial charge in [0.15, 0.2) is 0 Å². The number of rotatable bonds is 2. The molecule has 1 amide bonds. The minimum atomic E-state index is -0.346. The highest BCUT2D eigenvalue weighted by molar-refractivity contribution is 6.30. The normalized spacial score (nSPS) is 18.8. The first-order valence-electron chi connectivity index (χ1n) is 6.21. The summed E-state index contributed by atoms with van der Waals surface area (Å²) in [5, 5.41) is 9.65. The second-order valence-corrected chi connectivity index (χ2v) is 4.92. The summed E-state index contributed by atoms with van der Waals surface area (Å²) in [5.74, 6) is 0.277. The van der Waals surface area contributed by atoms with E-state index < -0.39 is 0 Å². The van der Waals surface area contributed by atoms with E-state index in [1.165, 1.54) is 7.11 Å². The average molecular weight is 279 g/mol. The highest BCUT2D eigenvalue weighted by Crippen LogP contribution is 2.27.